The Balaban J connectivity index is 2.18. The third-order valence-electron chi connectivity index (χ3n) is 4.50. The summed E-state index contributed by atoms with van der Waals surface area (Å²) in [6.07, 6.45) is 1.76. The highest BCUT2D eigenvalue weighted by Crippen LogP contribution is 2.45. The van der Waals surface area contributed by atoms with Gasteiger partial charge in [0.05, 0.1) is 0 Å². The molecule has 2 nitrogen and oxygen atoms in total. The minimum atomic E-state index is -1.17. The number of hydrogen-bond donors (Lipinski definition) is 2. The standard InChI is InChI=1S/C18H19Cl2NO/c19-16-7-3-1-5-14(16)18(22,13-9-11-21-12-10-13)15-6-2-4-8-17(15)20/h1-8,13,21-22H,9-12H2. The average Bonchev–Trinajstić information content (AvgIpc) is 2.56. The van der Waals surface area contributed by atoms with Crippen molar-refractivity contribution >= 4 is 23.2 Å². The minimum absolute atomic E-state index is 0.0774. The number of hydrogen-bond acceptors (Lipinski definition) is 2. The van der Waals surface area contributed by atoms with Crippen LogP contribution in [0.15, 0.2) is 48.5 Å². The van der Waals surface area contributed by atoms with Crippen molar-refractivity contribution in [1.82, 2.24) is 5.32 Å². The first-order chi connectivity index (χ1) is 10.6. The number of rotatable bonds is 3. The van der Waals surface area contributed by atoms with Gasteiger partial charge in [-0.05, 0) is 44.0 Å². The van der Waals surface area contributed by atoms with E-state index in [1.807, 2.05) is 48.5 Å². The lowest BCUT2D eigenvalue weighted by Crippen LogP contribution is -2.43. The molecule has 2 N–H and O–H groups in total. The maximum absolute atomic E-state index is 11.7. The fourth-order valence-corrected chi connectivity index (χ4v) is 3.92. The monoisotopic (exact) mass is 335 g/mol. The Hall–Kier alpha value is -1.06. The van der Waals surface area contributed by atoms with E-state index in [-0.39, 0.29) is 5.92 Å². The van der Waals surface area contributed by atoms with Crippen LogP contribution < -0.4 is 5.32 Å². The van der Waals surface area contributed by atoms with Crippen molar-refractivity contribution in [3.63, 3.8) is 0 Å². The summed E-state index contributed by atoms with van der Waals surface area (Å²) in [6.45, 7) is 1.78. The minimum Gasteiger partial charge on any atom is -0.380 e. The van der Waals surface area contributed by atoms with Crippen LogP contribution in [-0.4, -0.2) is 18.2 Å². The molecule has 116 valence electrons. The Labute approximate surface area is 141 Å². The summed E-state index contributed by atoms with van der Waals surface area (Å²) in [5, 5.41) is 16.2. The second-order valence-corrected chi connectivity index (χ2v) is 6.56. The molecule has 3 rings (SSSR count). The first kappa shape index (κ1) is 15.8. The van der Waals surface area contributed by atoms with Crippen molar-refractivity contribution in [3.8, 4) is 0 Å². The summed E-state index contributed by atoms with van der Waals surface area (Å²) < 4.78 is 0. The molecule has 0 unspecified atom stereocenters. The van der Waals surface area contributed by atoms with Crippen molar-refractivity contribution < 1.29 is 5.11 Å². The summed E-state index contributed by atoms with van der Waals surface area (Å²) in [5.74, 6) is 0.0774. The Kier molecular flexibility index (Phi) is 4.74. The molecule has 1 fully saturated rings. The van der Waals surface area contributed by atoms with Crippen LogP contribution in [0.1, 0.15) is 24.0 Å². The molecule has 4 heteroatoms. The van der Waals surface area contributed by atoms with E-state index in [2.05, 4.69) is 5.32 Å². The lowest BCUT2D eigenvalue weighted by Gasteiger charge is -2.40. The Morgan fingerprint density at radius 2 is 1.32 bits per heavy atom. The topological polar surface area (TPSA) is 32.3 Å². The van der Waals surface area contributed by atoms with Crippen LogP contribution in [0.5, 0.6) is 0 Å². The number of nitrogens with one attached hydrogen (secondary N) is 1. The molecule has 0 aromatic heterocycles. The molecule has 0 spiro atoms. The van der Waals surface area contributed by atoms with Gasteiger partial charge < -0.3 is 10.4 Å². The van der Waals surface area contributed by atoms with Gasteiger partial charge in [-0.2, -0.15) is 0 Å². The lowest BCUT2D eigenvalue weighted by atomic mass is 9.72. The molecule has 1 heterocycles. The molecule has 2 aromatic carbocycles. The van der Waals surface area contributed by atoms with E-state index in [1.54, 1.807) is 0 Å². The zero-order chi connectivity index (χ0) is 15.6. The number of aliphatic hydroxyl groups is 1. The van der Waals surface area contributed by atoms with E-state index < -0.39 is 5.60 Å². The largest absolute Gasteiger partial charge is 0.380 e. The third-order valence-corrected chi connectivity index (χ3v) is 5.16. The Morgan fingerprint density at radius 1 is 0.864 bits per heavy atom. The van der Waals surface area contributed by atoms with Crippen LogP contribution in [0.25, 0.3) is 0 Å². The van der Waals surface area contributed by atoms with E-state index in [1.165, 1.54) is 0 Å². The zero-order valence-corrected chi connectivity index (χ0v) is 13.7. The fourth-order valence-electron chi connectivity index (χ4n) is 3.37. The summed E-state index contributed by atoms with van der Waals surface area (Å²) in [7, 11) is 0. The second kappa shape index (κ2) is 6.59. The highest BCUT2D eigenvalue weighted by molar-refractivity contribution is 6.32. The van der Waals surface area contributed by atoms with Crippen LogP contribution in [0, 0.1) is 5.92 Å². The van der Waals surface area contributed by atoms with Crippen LogP contribution >= 0.6 is 23.2 Å². The van der Waals surface area contributed by atoms with E-state index in [4.69, 9.17) is 23.2 Å². The average molecular weight is 336 g/mol. The summed E-state index contributed by atoms with van der Waals surface area (Å²) >= 11 is 12.8. The molecule has 22 heavy (non-hydrogen) atoms. The molecule has 0 radical (unpaired) electrons. The molecule has 0 bridgehead atoms. The molecule has 0 amide bonds. The van der Waals surface area contributed by atoms with Crippen LogP contribution in [-0.2, 0) is 5.60 Å². The van der Waals surface area contributed by atoms with Gasteiger partial charge in [0.2, 0.25) is 0 Å². The molecule has 0 aliphatic carbocycles. The molecule has 1 saturated heterocycles. The summed E-state index contributed by atoms with van der Waals surface area (Å²) in [4.78, 5) is 0. The van der Waals surface area contributed by atoms with Gasteiger partial charge >= 0.3 is 0 Å². The van der Waals surface area contributed by atoms with Crippen molar-refractivity contribution in [1.29, 1.82) is 0 Å². The summed E-state index contributed by atoms with van der Waals surface area (Å²) in [5.41, 5.74) is 0.298. The maximum Gasteiger partial charge on any atom is 0.120 e. The van der Waals surface area contributed by atoms with E-state index in [0.29, 0.717) is 10.0 Å². The SMILES string of the molecule is OC(c1ccccc1Cl)(c1ccccc1Cl)C1CCNCC1. The Morgan fingerprint density at radius 3 is 1.77 bits per heavy atom. The highest BCUT2D eigenvalue weighted by atomic mass is 35.5. The first-order valence-corrected chi connectivity index (χ1v) is 8.32. The van der Waals surface area contributed by atoms with Crippen molar-refractivity contribution in [3.05, 3.63) is 69.7 Å². The molecular weight excluding hydrogens is 317 g/mol. The highest BCUT2D eigenvalue weighted by Gasteiger charge is 2.42. The third kappa shape index (κ3) is 2.77. The van der Waals surface area contributed by atoms with Gasteiger partial charge in [0.25, 0.3) is 0 Å². The number of piperidine rings is 1. The van der Waals surface area contributed by atoms with Gasteiger partial charge in [0, 0.05) is 21.2 Å². The Bertz CT molecular complexity index is 608. The molecule has 0 saturated carbocycles. The normalized spacial score (nSPS) is 16.7. The fraction of sp³-hybridized carbons (Fsp3) is 0.333. The number of benzene rings is 2. The maximum atomic E-state index is 11.7. The first-order valence-electron chi connectivity index (χ1n) is 7.57. The number of halogens is 2. The van der Waals surface area contributed by atoms with E-state index in [0.717, 1.165) is 37.1 Å². The van der Waals surface area contributed by atoms with E-state index in [9.17, 15) is 5.11 Å². The van der Waals surface area contributed by atoms with Gasteiger partial charge in [0.15, 0.2) is 0 Å². The zero-order valence-electron chi connectivity index (χ0n) is 12.2. The molecule has 0 atom stereocenters. The summed E-state index contributed by atoms with van der Waals surface area (Å²) in [6, 6.07) is 15.0. The molecule has 2 aromatic rings. The smallest absolute Gasteiger partial charge is 0.120 e. The quantitative estimate of drug-likeness (QED) is 0.879. The molecular formula is C18H19Cl2NO. The molecule has 1 aliphatic heterocycles. The van der Waals surface area contributed by atoms with Gasteiger partial charge in [-0.3, -0.25) is 0 Å². The van der Waals surface area contributed by atoms with Gasteiger partial charge in [-0.25, -0.2) is 0 Å². The van der Waals surface area contributed by atoms with Crippen LogP contribution in [0.4, 0.5) is 0 Å². The van der Waals surface area contributed by atoms with Gasteiger partial charge in [0.1, 0.15) is 5.60 Å². The van der Waals surface area contributed by atoms with Gasteiger partial charge in [-0.15, -0.1) is 0 Å². The van der Waals surface area contributed by atoms with E-state index >= 15 is 0 Å². The van der Waals surface area contributed by atoms with Crippen molar-refractivity contribution in [2.24, 2.45) is 5.92 Å². The van der Waals surface area contributed by atoms with Crippen molar-refractivity contribution in [2.45, 2.75) is 18.4 Å². The van der Waals surface area contributed by atoms with Crippen LogP contribution in [0.3, 0.4) is 0 Å². The van der Waals surface area contributed by atoms with Gasteiger partial charge in [-0.1, -0.05) is 59.6 Å². The molecule has 1 aliphatic rings. The van der Waals surface area contributed by atoms with Crippen molar-refractivity contribution in [2.75, 3.05) is 13.1 Å². The predicted molar refractivity (Wildman–Crippen MR) is 91.5 cm³/mol. The lowest BCUT2D eigenvalue weighted by molar-refractivity contribution is 0.00255. The predicted octanol–water partition coefficient (Wildman–Crippen LogP) is 4.23. The second-order valence-electron chi connectivity index (χ2n) is 5.75. The van der Waals surface area contributed by atoms with Crippen LogP contribution in [0.2, 0.25) is 10.0 Å².